The van der Waals surface area contributed by atoms with Crippen molar-refractivity contribution in [3.63, 3.8) is 0 Å². The number of alkyl halides is 1. The normalized spacial score (nSPS) is 17.6. The number of Topliss-reactive ketones (excluding diaryl/α,β-unsaturated/α-hetero) is 1. The number of hydrogen-bond donors (Lipinski definition) is 1. The zero-order valence-corrected chi connectivity index (χ0v) is 34.6. The molecule has 2 aromatic carbocycles. The van der Waals surface area contributed by atoms with Crippen LogP contribution in [0.5, 0.6) is 5.75 Å². The molecule has 312 valence electrons. The summed E-state index contributed by atoms with van der Waals surface area (Å²) < 4.78 is 73.4. The number of amides is 2. The number of likely N-dealkylation sites (tertiary alicyclic amines) is 1. The molecular weight excluding hydrogens is 791 g/mol. The number of ketones is 1. The molecule has 2 amide bonds. The number of nitrogens with one attached hydrogen (secondary N) is 1. The van der Waals surface area contributed by atoms with Gasteiger partial charge in [0.05, 0.1) is 17.1 Å². The zero-order valence-electron chi connectivity index (χ0n) is 32.9. The Morgan fingerprint density at radius 1 is 0.965 bits per heavy atom. The number of ether oxygens (including phenoxy) is 3. The molecule has 1 saturated heterocycles. The lowest BCUT2D eigenvalue weighted by Gasteiger charge is -2.30. The standard InChI is InChI=1S/C39H49ClF2N3O11P/c1-8-34(48)53-38(22(3)4)55-57(51,56-39(23(5)6)54-35(49)9-2)21-52-27-13-14-28-29(24(7)46)19-44(31(28)16-27)20-33(47)45-18-26(41)15-32(45)37(50)43-17-25-11-10-12-30(40)36(25)42/h10-14,16,19,22-23,26,32,38-39H,8-9,15,17-18,20-21H2,1-7H3,(H,43,50)/t26-,32+,38?,39?,57?/m1/s1. The summed E-state index contributed by atoms with van der Waals surface area (Å²) in [5.74, 6) is -4.41. The maximum Gasteiger partial charge on any atom is 0.373 e. The van der Waals surface area contributed by atoms with Crippen LogP contribution in [-0.2, 0) is 55.4 Å². The summed E-state index contributed by atoms with van der Waals surface area (Å²) in [6.45, 7) is 10.2. The quantitative estimate of drug-likeness (QED) is 0.0556. The Hall–Kier alpha value is -4.37. The van der Waals surface area contributed by atoms with Gasteiger partial charge in [-0.25, -0.2) is 8.78 Å². The van der Waals surface area contributed by atoms with Crippen molar-refractivity contribution in [2.24, 2.45) is 11.8 Å². The highest BCUT2D eigenvalue weighted by atomic mass is 35.5. The third-order valence-electron chi connectivity index (χ3n) is 8.98. The van der Waals surface area contributed by atoms with Crippen LogP contribution < -0.4 is 10.1 Å². The average molecular weight is 840 g/mol. The van der Waals surface area contributed by atoms with E-state index in [9.17, 15) is 37.3 Å². The molecule has 0 saturated carbocycles. The van der Waals surface area contributed by atoms with Gasteiger partial charge in [-0.1, -0.05) is 65.3 Å². The molecule has 18 heteroatoms. The van der Waals surface area contributed by atoms with Crippen molar-refractivity contribution in [3.8, 4) is 5.75 Å². The number of benzene rings is 2. The lowest BCUT2D eigenvalue weighted by atomic mass is 10.1. The number of halogens is 3. The molecule has 4 rings (SSSR count). The van der Waals surface area contributed by atoms with E-state index in [-0.39, 0.29) is 60.0 Å². The highest BCUT2D eigenvalue weighted by Crippen LogP contribution is 2.52. The molecule has 1 fully saturated rings. The van der Waals surface area contributed by atoms with E-state index in [0.717, 1.165) is 4.90 Å². The van der Waals surface area contributed by atoms with Crippen LogP contribution in [0.2, 0.25) is 5.02 Å². The third-order valence-corrected chi connectivity index (χ3v) is 10.8. The maximum atomic E-state index is 14.8. The van der Waals surface area contributed by atoms with Gasteiger partial charge in [-0.05, 0) is 25.1 Å². The van der Waals surface area contributed by atoms with E-state index in [2.05, 4.69) is 5.32 Å². The maximum absolute atomic E-state index is 14.8. The molecule has 3 aromatic rings. The first-order valence-electron chi connectivity index (χ1n) is 18.6. The van der Waals surface area contributed by atoms with Crippen molar-refractivity contribution < 1.29 is 60.6 Å². The summed E-state index contributed by atoms with van der Waals surface area (Å²) in [6.07, 6.45) is -3.64. The second kappa shape index (κ2) is 19.9. The van der Waals surface area contributed by atoms with Gasteiger partial charge in [0.1, 0.15) is 30.3 Å². The number of fused-ring (bicyclic) bond motifs is 1. The number of rotatable bonds is 19. The lowest BCUT2D eigenvalue weighted by molar-refractivity contribution is -0.179. The fraction of sp³-hybridized carbons (Fsp3) is 0.513. The molecule has 1 N–H and O–H groups in total. The van der Waals surface area contributed by atoms with Crippen molar-refractivity contribution in [3.05, 3.63) is 64.6 Å². The average Bonchev–Trinajstić information content (AvgIpc) is 3.74. The van der Waals surface area contributed by atoms with Gasteiger partial charge in [-0.3, -0.25) is 37.6 Å². The number of hydrogen-bond acceptors (Lipinski definition) is 11. The van der Waals surface area contributed by atoms with E-state index < -0.39 is 86.7 Å². The third kappa shape index (κ3) is 11.8. The van der Waals surface area contributed by atoms with Gasteiger partial charge in [-0.2, -0.15) is 0 Å². The first-order chi connectivity index (χ1) is 26.9. The first kappa shape index (κ1) is 45.3. The van der Waals surface area contributed by atoms with Crippen LogP contribution in [0.25, 0.3) is 10.9 Å². The monoisotopic (exact) mass is 839 g/mol. The van der Waals surface area contributed by atoms with Gasteiger partial charge in [0, 0.05) is 66.4 Å². The topological polar surface area (TPSA) is 169 Å². The molecule has 2 heterocycles. The predicted octanol–water partition coefficient (Wildman–Crippen LogP) is 7.33. The molecule has 1 aliphatic heterocycles. The summed E-state index contributed by atoms with van der Waals surface area (Å²) >= 11 is 5.85. The second-order valence-electron chi connectivity index (χ2n) is 14.2. The minimum Gasteiger partial charge on any atom is -0.481 e. The number of aromatic nitrogens is 1. The van der Waals surface area contributed by atoms with Gasteiger partial charge in [0.15, 0.2) is 12.1 Å². The number of esters is 2. The van der Waals surface area contributed by atoms with Gasteiger partial charge in [-0.15, -0.1) is 0 Å². The fourth-order valence-electron chi connectivity index (χ4n) is 5.84. The Kier molecular flexibility index (Phi) is 15.8. The van der Waals surface area contributed by atoms with E-state index in [1.165, 1.54) is 48.0 Å². The Morgan fingerprint density at radius 3 is 2.14 bits per heavy atom. The zero-order chi connectivity index (χ0) is 42.2. The van der Waals surface area contributed by atoms with Crippen molar-refractivity contribution >= 4 is 59.6 Å². The molecule has 2 unspecified atom stereocenters. The Balaban J connectivity index is 1.60. The van der Waals surface area contributed by atoms with Gasteiger partial charge >= 0.3 is 19.5 Å². The highest BCUT2D eigenvalue weighted by molar-refractivity contribution is 7.53. The minimum absolute atomic E-state index is 0.0204. The summed E-state index contributed by atoms with van der Waals surface area (Å²) in [6, 6.07) is 7.68. The van der Waals surface area contributed by atoms with Gasteiger partial charge < -0.3 is 29.0 Å². The van der Waals surface area contributed by atoms with Crippen LogP contribution in [-0.4, -0.2) is 76.7 Å². The molecular formula is C39H49ClF2N3O11P. The van der Waals surface area contributed by atoms with Gasteiger partial charge in [0.2, 0.25) is 24.4 Å². The van der Waals surface area contributed by atoms with E-state index >= 15 is 0 Å². The largest absolute Gasteiger partial charge is 0.481 e. The summed E-state index contributed by atoms with van der Waals surface area (Å²) in [5.41, 5.74) is 0.718. The van der Waals surface area contributed by atoms with E-state index in [0.29, 0.717) is 10.9 Å². The molecule has 1 aromatic heterocycles. The summed E-state index contributed by atoms with van der Waals surface area (Å²) in [7, 11) is -4.41. The Morgan fingerprint density at radius 2 is 1.58 bits per heavy atom. The van der Waals surface area contributed by atoms with Crippen molar-refractivity contribution in [1.82, 2.24) is 14.8 Å². The fourth-order valence-corrected chi connectivity index (χ4v) is 7.72. The van der Waals surface area contributed by atoms with Crippen molar-refractivity contribution in [2.75, 3.05) is 12.9 Å². The summed E-state index contributed by atoms with van der Waals surface area (Å²) in [5, 5.41) is 2.88. The molecule has 4 atom stereocenters. The van der Waals surface area contributed by atoms with E-state index in [4.69, 9.17) is 34.9 Å². The van der Waals surface area contributed by atoms with Crippen LogP contribution in [0, 0.1) is 17.7 Å². The van der Waals surface area contributed by atoms with Crippen molar-refractivity contribution in [2.45, 2.75) is 106 Å². The van der Waals surface area contributed by atoms with Crippen molar-refractivity contribution in [1.29, 1.82) is 0 Å². The summed E-state index contributed by atoms with van der Waals surface area (Å²) in [4.78, 5) is 65.1. The molecule has 14 nitrogen and oxygen atoms in total. The van der Waals surface area contributed by atoms with Crippen LogP contribution in [0.15, 0.2) is 42.6 Å². The molecule has 1 aliphatic rings. The van der Waals surface area contributed by atoms with E-state index in [1.807, 2.05) is 0 Å². The number of carbonyl (C=O) groups is 5. The highest BCUT2D eigenvalue weighted by Gasteiger charge is 2.41. The predicted molar refractivity (Wildman–Crippen MR) is 206 cm³/mol. The second-order valence-corrected chi connectivity index (χ2v) is 16.5. The molecule has 0 spiro atoms. The minimum atomic E-state index is -4.41. The Labute approximate surface area is 334 Å². The molecule has 57 heavy (non-hydrogen) atoms. The smallest absolute Gasteiger partial charge is 0.373 e. The first-order valence-corrected chi connectivity index (χ1v) is 20.7. The van der Waals surface area contributed by atoms with Crippen LogP contribution in [0.4, 0.5) is 8.78 Å². The van der Waals surface area contributed by atoms with Crippen LogP contribution in [0.1, 0.15) is 83.7 Å². The Bertz CT molecular complexity index is 1970. The molecule has 0 radical (unpaired) electrons. The SMILES string of the molecule is CCC(=O)OC(OP(=O)(COc1ccc2c(C(C)=O)cn(CC(=O)N3C[C@H](F)C[C@H]3C(=O)NCc3cccc(Cl)c3F)c2c1)OC(OC(=O)CC)C(C)C)C(C)C. The molecule has 0 bridgehead atoms. The number of carbonyl (C=O) groups excluding carboxylic acids is 5. The lowest BCUT2D eigenvalue weighted by Crippen LogP contribution is -2.46. The molecule has 0 aliphatic carbocycles. The van der Waals surface area contributed by atoms with Crippen LogP contribution >= 0.6 is 19.2 Å². The number of nitrogens with zero attached hydrogens (tertiary/aromatic N) is 2. The van der Waals surface area contributed by atoms with E-state index in [1.54, 1.807) is 47.6 Å². The van der Waals surface area contributed by atoms with Gasteiger partial charge in [0.25, 0.3) is 0 Å². The van der Waals surface area contributed by atoms with Crippen LogP contribution in [0.3, 0.4) is 0 Å².